The van der Waals surface area contributed by atoms with Gasteiger partial charge in [0.15, 0.2) is 0 Å². The molecule has 3 rings (SSSR count). The summed E-state index contributed by atoms with van der Waals surface area (Å²) in [4.78, 5) is 36.0. The van der Waals surface area contributed by atoms with Crippen molar-refractivity contribution >= 4 is 52.5 Å². The van der Waals surface area contributed by atoms with Crippen LogP contribution in [0.25, 0.3) is 0 Å². The Labute approximate surface area is 245 Å². The molecule has 0 spiro atoms. The molecule has 0 bridgehead atoms. The van der Waals surface area contributed by atoms with E-state index in [1.165, 1.54) is 36.4 Å². The summed E-state index contributed by atoms with van der Waals surface area (Å²) in [5.74, 6) is -3.32. The molecule has 14 heteroatoms. The topological polar surface area (TPSA) is 126 Å². The van der Waals surface area contributed by atoms with Crippen molar-refractivity contribution in [3.8, 4) is 5.75 Å². The van der Waals surface area contributed by atoms with E-state index in [1.54, 1.807) is 0 Å². The van der Waals surface area contributed by atoms with Crippen LogP contribution in [0.5, 0.6) is 5.75 Å². The van der Waals surface area contributed by atoms with Gasteiger partial charge in [0.25, 0.3) is 5.91 Å². The van der Waals surface area contributed by atoms with Gasteiger partial charge in [-0.05, 0) is 48.5 Å². The number of amides is 3. The average Bonchev–Trinajstić information content (AvgIpc) is 2.85. The van der Waals surface area contributed by atoms with Crippen molar-refractivity contribution in [3.63, 3.8) is 0 Å². The maximum absolute atomic E-state index is 13.5. The fraction of sp³-hybridized carbons (Fsp3) is 0.160. The number of benzene rings is 3. The van der Waals surface area contributed by atoms with Gasteiger partial charge in [0.1, 0.15) is 24.0 Å². The molecule has 0 heterocycles. The number of carboxylic acid groups (broad SMARTS) is 1. The predicted molar refractivity (Wildman–Crippen MR) is 139 cm³/mol. The Balaban J connectivity index is 0.00000400. The molecule has 3 aromatic rings. The number of halogens is 4. The zero-order chi connectivity index (χ0) is 27.7. The van der Waals surface area contributed by atoms with Crippen LogP contribution in [0.3, 0.4) is 0 Å². The molecule has 0 saturated heterocycles. The van der Waals surface area contributed by atoms with E-state index >= 15 is 0 Å². The van der Waals surface area contributed by atoms with Crippen molar-refractivity contribution in [1.82, 2.24) is 5.32 Å². The first-order chi connectivity index (χ1) is 18.1. The molecule has 0 saturated carbocycles. The Morgan fingerprint density at radius 1 is 0.872 bits per heavy atom. The smallest absolute Gasteiger partial charge is 1.00 e. The number of carbonyl (C=O) groups is 3. The summed E-state index contributed by atoms with van der Waals surface area (Å²) in [5.41, 5.74) is -0.200. The number of carbonyl (C=O) groups excluding carboxylic acids is 2. The van der Waals surface area contributed by atoms with E-state index in [9.17, 15) is 28.3 Å². The van der Waals surface area contributed by atoms with E-state index in [2.05, 4.69) is 16.0 Å². The second-order valence-electron chi connectivity index (χ2n) is 7.56. The molecule has 0 aliphatic carbocycles. The van der Waals surface area contributed by atoms with E-state index < -0.39 is 29.5 Å². The number of hydrogen-bond donors (Lipinski definition) is 4. The third kappa shape index (κ3) is 9.73. The maximum Gasteiger partial charge on any atom is 1.00 e. The van der Waals surface area contributed by atoms with Gasteiger partial charge in [-0.25, -0.2) is 18.4 Å². The monoisotopic (exact) mass is 575 g/mol. The quantitative estimate of drug-likeness (QED) is 0.206. The summed E-state index contributed by atoms with van der Waals surface area (Å²) in [6.07, 6.45) is 0. The van der Waals surface area contributed by atoms with Gasteiger partial charge in [-0.15, -0.1) is 0 Å². The fourth-order valence-electron chi connectivity index (χ4n) is 3.08. The Hall–Kier alpha value is -3.33. The van der Waals surface area contributed by atoms with Crippen LogP contribution in [-0.4, -0.2) is 49.4 Å². The molecule has 0 aliphatic rings. The van der Waals surface area contributed by atoms with E-state index in [0.717, 1.165) is 12.1 Å². The minimum Gasteiger partial charge on any atom is -1.00 e. The van der Waals surface area contributed by atoms with E-state index in [0.29, 0.717) is 11.1 Å². The molecule has 4 N–H and O–H groups in total. The molecule has 0 atom stereocenters. The molecular formula is C25H22Cl2F2LiN3O6. The van der Waals surface area contributed by atoms with Crippen LogP contribution in [0.1, 0.15) is 22.1 Å². The zero-order valence-electron chi connectivity index (χ0n) is 21.5. The van der Waals surface area contributed by atoms with Crippen LogP contribution in [0.15, 0.2) is 54.6 Å². The third-order valence-corrected chi connectivity index (χ3v) is 5.40. The van der Waals surface area contributed by atoms with Gasteiger partial charge in [0.2, 0.25) is 0 Å². The fourth-order valence-corrected chi connectivity index (χ4v) is 3.57. The molecule has 0 fully saturated rings. The summed E-state index contributed by atoms with van der Waals surface area (Å²) in [5, 5.41) is 17.2. The van der Waals surface area contributed by atoms with Gasteiger partial charge in [0, 0.05) is 17.6 Å². The second kappa shape index (κ2) is 15.3. The number of carboxylic acids is 1. The van der Waals surface area contributed by atoms with Gasteiger partial charge in [-0.2, -0.15) is 0 Å². The Morgan fingerprint density at radius 3 is 2.31 bits per heavy atom. The predicted octanol–water partition coefficient (Wildman–Crippen LogP) is 2.56. The Morgan fingerprint density at radius 2 is 1.62 bits per heavy atom. The second-order valence-corrected chi connectivity index (χ2v) is 8.40. The number of aromatic carboxylic acids is 1. The molecule has 39 heavy (non-hydrogen) atoms. The van der Waals surface area contributed by atoms with E-state index in [1.807, 2.05) is 0 Å². The normalized spacial score (nSPS) is 10.3. The van der Waals surface area contributed by atoms with Crippen molar-refractivity contribution in [2.45, 2.75) is 0 Å². The molecule has 0 radical (unpaired) electrons. The van der Waals surface area contributed by atoms with Crippen LogP contribution in [0, 0.1) is 11.6 Å². The van der Waals surface area contributed by atoms with Crippen molar-refractivity contribution in [2.75, 3.05) is 37.0 Å². The van der Waals surface area contributed by atoms with E-state index in [-0.39, 0.29) is 79.9 Å². The summed E-state index contributed by atoms with van der Waals surface area (Å²) in [6.45, 7) is 0.398. The van der Waals surface area contributed by atoms with Gasteiger partial charge < -0.3 is 32.0 Å². The summed E-state index contributed by atoms with van der Waals surface area (Å²) >= 11 is 11.9. The van der Waals surface area contributed by atoms with Crippen molar-refractivity contribution in [2.24, 2.45) is 0 Å². The van der Waals surface area contributed by atoms with Gasteiger partial charge in [0.05, 0.1) is 40.7 Å². The average molecular weight is 576 g/mol. The standard InChI is InChI=1S/C25H21Cl2F2N3O6.Li.H/c26-14-1-4-17(19(27)11-14)23(33)31-21-6-3-16(13-18(21)24(34)35)38-10-9-37-8-7-30-25(36)32-22-5-2-15(28)12-20(22)29;;/h1-6,11-13H,7-10H2,(H,31,33)(H,34,35)(H2,30,32,36);;/q;+1;-1. The van der Waals surface area contributed by atoms with Crippen LogP contribution >= 0.6 is 23.2 Å². The first-order valence-corrected chi connectivity index (χ1v) is 11.7. The van der Waals surface area contributed by atoms with Crippen molar-refractivity contribution in [1.29, 1.82) is 0 Å². The molecular weight excluding hydrogens is 554 g/mol. The van der Waals surface area contributed by atoms with Crippen LogP contribution in [-0.2, 0) is 4.74 Å². The number of anilines is 2. The molecule has 0 aliphatic heterocycles. The summed E-state index contributed by atoms with van der Waals surface area (Å²) in [6, 6.07) is 10.5. The molecule has 9 nitrogen and oxygen atoms in total. The molecule has 3 amide bonds. The number of urea groups is 1. The first-order valence-electron chi connectivity index (χ1n) is 11.0. The number of nitrogens with one attached hydrogen (secondary N) is 3. The van der Waals surface area contributed by atoms with Crippen molar-refractivity contribution in [3.05, 3.63) is 87.4 Å². The first kappa shape index (κ1) is 31.9. The van der Waals surface area contributed by atoms with Crippen molar-refractivity contribution < 1.29 is 58.0 Å². The van der Waals surface area contributed by atoms with Gasteiger partial charge >= 0.3 is 30.9 Å². The van der Waals surface area contributed by atoms with E-state index in [4.69, 9.17) is 32.7 Å². The molecule has 202 valence electrons. The number of hydrogen-bond acceptors (Lipinski definition) is 5. The zero-order valence-corrected chi connectivity index (χ0v) is 22.0. The van der Waals surface area contributed by atoms with Gasteiger partial charge in [-0.3, -0.25) is 4.79 Å². The number of rotatable bonds is 11. The third-order valence-electron chi connectivity index (χ3n) is 4.85. The van der Waals surface area contributed by atoms with Crippen LogP contribution in [0.2, 0.25) is 10.0 Å². The minimum atomic E-state index is -1.28. The van der Waals surface area contributed by atoms with Crippen LogP contribution in [0.4, 0.5) is 25.0 Å². The van der Waals surface area contributed by atoms with Gasteiger partial charge in [-0.1, -0.05) is 23.2 Å². The maximum atomic E-state index is 13.5. The summed E-state index contributed by atoms with van der Waals surface area (Å²) in [7, 11) is 0. The Bertz CT molecular complexity index is 1360. The van der Waals surface area contributed by atoms with Crippen LogP contribution < -0.4 is 39.5 Å². The largest absolute Gasteiger partial charge is 1.00 e. The molecule has 0 aromatic heterocycles. The minimum absolute atomic E-state index is 0. The SMILES string of the molecule is O=C(NCCOCCOc1ccc(NC(=O)c2ccc(Cl)cc2Cl)c(C(=O)O)c1)Nc1ccc(F)cc1F.[H-].[Li+]. The molecule has 0 unspecified atom stereocenters. The number of ether oxygens (including phenoxy) is 2. The molecule has 3 aromatic carbocycles. The Kier molecular flexibility index (Phi) is 12.5. The summed E-state index contributed by atoms with van der Waals surface area (Å²) < 4.78 is 37.3.